The monoisotopic (exact) mass is 291 g/mol. The fraction of sp³-hybridized carbons (Fsp3) is 0.588. The predicted molar refractivity (Wildman–Crippen MR) is 82.3 cm³/mol. The van der Waals surface area contributed by atoms with E-state index in [9.17, 15) is 4.79 Å². The van der Waals surface area contributed by atoms with Crippen LogP contribution in [0.5, 0.6) is 5.75 Å². The van der Waals surface area contributed by atoms with E-state index in [2.05, 4.69) is 18.7 Å². The molecule has 1 saturated heterocycles. The van der Waals surface area contributed by atoms with Gasteiger partial charge < -0.3 is 9.47 Å². The number of hydrogen-bond acceptors (Lipinski definition) is 4. The lowest BCUT2D eigenvalue weighted by atomic mass is 9.93. The smallest absolute Gasteiger partial charge is 0.348 e. The summed E-state index contributed by atoms with van der Waals surface area (Å²) in [6.07, 6.45) is 0.578. The summed E-state index contributed by atoms with van der Waals surface area (Å²) in [7, 11) is 0. The molecule has 116 valence electrons. The molecule has 0 bridgehead atoms. The Morgan fingerprint density at radius 3 is 2.62 bits per heavy atom. The number of rotatable bonds is 6. The minimum atomic E-state index is -0.568. The van der Waals surface area contributed by atoms with Crippen LogP contribution < -0.4 is 4.74 Å². The van der Waals surface area contributed by atoms with E-state index < -0.39 is 6.10 Å². The Hall–Kier alpha value is -1.55. The third kappa shape index (κ3) is 4.74. The fourth-order valence-corrected chi connectivity index (χ4v) is 2.67. The summed E-state index contributed by atoms with van der Waals surface area (Å²) in [5, 5.41) is 0. The minimum Gasteiger partial charge on any atom is -0.477 e. The highest BCUT2D eigenvalue weighted by molar-refractivity contribution is 5.75. The Morgan fingerprint density at radius 1 is 1.33 bits per heavy atom. The molecule has 1 heterocycles. The molecule has 2 rings (SSSR count). The summed E-state index contributed by atoms with van der Waals surface area (Å²) in [5.41, 5.74) is 0.311. The maximum absolute atomic E-state index is 12.1. The van der Waals surface area contributed by atoms with E-state index in [0.717, 1.165) is 19.5 Å². The van der Waals surface area contributed by atoms with Crippen molar-refractivity contribution in [2.45, 2.75) is 33.3 Å². The molecule has 4 nitrogen and oxygen atoms in total. The first-order valence-corrected chi connectivity index (χ1v) is 7.61. The van der Waals surface area contributed by atoms with Crippen molar-refractivity contribution in [3.8, 4) is 5.75 Å². The molecule has 1 fully saturated rings. The molecule has 0 saturated carbocycles. The second kappa shape index (κ2) is 6.94. The third-order valence-corrected chi connectivity index (χ3v) is 3.75. The zero-order valence-electron chi connectivity index (χ0n) is 13.2. The number of likely N-dealkylation sites (tertiary alicyclic amines) is 1. The molecular formula is C17H25NO3. The van der Waals surface area contributed by atoms with Gasteiger partial charge in [-0.05, 0) is 37.4 Å². The van der Waals surface area contributed by atoms with Crippen LogP contribution in [0.25, 0.3) is 0 Å². The third-order valence-electron chi connectivity index (χ3n) is 3.75. The van der Waals surface area contributed by atoms with Crippen molar-refractivity contribution in [1.82, 2.24) is 4.90 Å². The summed E-state index contributed by atoms with van der Waals surface area (Å²) in [6.45, 7) is 9.27. The average Bonchev–Trinajstić information content (AvgIpc) is 2.79. The molecule has 0 amide bonds. The van der Waals surface area contributed by atoms with Crippen LogP contribution in [0.2, 0.25) is 0 Å². The second-order valence-corrected chi connectivity index (χ2v) is 6.32. The van der Waals surface area contributed by atoms with Crippen LogP contribution in [-0.4, -0.2) is 43.2 Å². The first kappa shape index (κ1) is 15.8. The Bertz CT molecular complexity index is 458. The van der Waals surface area contributed by atoms with Crippen molar-refractivity contribution >= 4 is 5.97 Å². The van der Waals surface area contributed by atoms with Crippen LogP contribution >= 0.6 is 0 Å². The number of ether oxygens (including phenoxy) is 2. The van der Waals surface area contributed by atoms with Gasteiger partial charge in [0, 0.05) is 13.1 Å². The maximum Gasteiger partial charge on any atom is 0.348 e. The van der Waals surface area contributed by atoms with Gasteiger partial charge in [-0.25, -0.2) is 4.79 Å². The van der Waals surface area contributed by atoms with Gasteiger partial charge in [0.15, 0.2) is 0 Å². The number of nitrogens with zero attached hydrogens (tertiary/aromatic N) is 1. The van der Waals surface area contributed by atoms with Gasteiger partial charge in [-0.2, -0.15) is 0 Å². The Labute approximate surface area is 127 Å². The molecule has 1 aliphatic rings. The van der Waals surface area contributed by atoms with Gasteiger partial charge in [-0.3, -0.25) is 4.90 Å². The van der Waals surface area contributed by atoms with Crippen molar-refractivity contribution in [2.75, 3.05) is 26.2 Å². The molecule has 0 radical (unpaired) electrons. The van der Waals surface area contributed by atoms with E-state index in [1.807, 2.05) is 37.3 Å². The van der Waals surface area contributed by atoms with Crippen molar-refractivity contribution in [1.29, 1.82) is 0 Å². The molecule has 21 heavy (non-hydrogen) atoms. The normalized spacial score (nSPS) is 19.2. The predicted octanol–water partition coefficient (Wildman–Crippen LogP) is 2.73. The van der Waals surface area contributed by atoms with Crippen molar-refractivity contribution < 1.29 is 14.3 Å². The van der Waals surface area contributed by atoms with Crippen LogP contribution in [0.15, 0.2) is 30.3 Å². The van der Waals surface area contributed by atoms with E-state index in [1.165, 1.54) is 0 Å². The largest absolute Gasteiger partial charge is 0.477 e. The van der Waals surface area contributed by atoms with Gasteiger partial charge in [-0.15, -0.1) is 0 Å². The van der Waals surface area contributed by atoms with Gasteiger partial charge in [0.25, 0.3) is 0 Å². The Kier molecular flexibility index (Phi) is 5.23. The van der Waals surface area contributed by atoms with Crippen molar-refractivity contribution in [3.05, 3.63) is 30.3 Å². The first-order valence-electron chi connectivity index (χ1n) is 7.61. The molecular weight excluding hydrogens is 266 g/mol. The number of benzene rings is 1. The van der Waals surface area contributed by atoms with Crippen LogP contribution in [0.4, 0.5) is 0 Å². The van der Waals surface area contributed by atoms with E-state index in [0.29, 0.717) is 24.3 Å². The van der Waals surface area contributed by atoms with Gasteiger partial charge in [0.2, 0.25) is 6.10 Å². The lowest BCUT2D eigenvalue weighted by molar-refractivity contribution is -0.152. The zero-order chi connectivity index (χ0) is 15.3. The minimum absolute atomic E-state index is 0.286. The maximum atomic E-state index is 12.1. The van der Waals surface area contributed by atoms with Gasteiger partial charge >= 0.3 is 5.97 Å². The quantitative estimate of drug-likeness (QED) is 0.755. The molecule has 0 aromatic heterocycles. The zero-order valence-corrected chi connectivity index (χ0v) is 13.2. The molecule has 1 aliphatic heterocycles. The average molecular weight is 291 g/mol. The number of esters is 1. The van der Waals surface area contributed by atoms with E-state index >= 15 is 0 Å². The SMILES string of the molecule is CCOC(=O)C(CN1CCC(C)(C)C1)Oc1ccccc1. The molecule has 0 aliphatic carbocycles. The highest BCUT2D eigenvalue weighted by atomic mass is 16.6. The van der Waals surface area contributed by atoms with Crippen LogP contribution in [0.3, 0.4) is 0 Å². The number of carbonyl (C=O) groups is 1. The fourth-order valence-electron chi connectivity index (χ4n) is 2.67. The molecule has 1 unspecified atom stereocenters. The van der Waals surface area contributed by atoms with Crippen LogP contribution in [0, 0.1) is 5.41 Å². The molecule has 1 aromatic carbocycles. The summed E-state index contributed by atoms with van der Waals surface area (Å²) in [5.74, 6) is 0.417. The topological polar surface area (TPSA) is 38.8 Å². The van der Waals surface area contributed by atoms with Gasteiger partial charge in [0.1, 0.15) is 5.75 Å². The molecule has 1 aromatic rings. The standard InChI is InChI=1S/C17H25NO3/c1-4-20-16(19)15(21-14-8-6-5-7-9-14)12-18-11-10-17(2,3)13-18/h5-9,15H,4,10-13H2,1-3H3. The van der Waals surface area contributed by atoms with Gasteiger partial charge in [-0.1, -0.05) is 32.0 Å². The van der Waals surface area contributed by atoms with E-state index in [1.54, 1.807) is 0 Å². The van der Waals surface area contributed by atoms with E-state index in [-0.39, 0.29) is 5.97 Å². The van der Waals surface area contributed by atoms with Crippen LogP contribution in [-0.2, 0) is 9.53 Å². The second-order valence-electron chi connectivity index (χ2n) is 6.32. The summed E-state index contributed by atoms with van der Waals surface area (Å²) in [4.78, 5) is 14.4. The lowest BCUT2D eigenvalue weighted by Gasteiger charge is -2.24. The van der Waals surface area contributed by atoms with E-state index in [4.69, 9.17) is 9.47 Å². The highest BCUT2D eigenvalue weighted by Gasteiger charge is 2.33. The molecule has 1 atom stereocenters. The number of para-hydroxylation sites is 1. The summed E-state index contributed by atoms with van der Waals surface area (Å²) < 4.78 is 11.0. The summed E-state index contributed by atoms with van der Waals surface area (Å²) in [6, 6.07) is 9.45. The molecule has 4 heteroatoms. The summed E-state index contributed by atoms with van der Waals surface area (Å²) >= 11 is 0. The lowest BCUT2D eigenvalue weighted by Crippen LogP contribution is -2.41. The van der Waals surface area contributed by atoms with Crippen molar-refractivity contribution in [2.24, 2.45) is 5.41 Å². The van der Waals surface area contributed by atoms with Crippen molar-refractivity contribution in [3.63, 3.8) is 0 Å². The molecule has 0 spiro atoms. The van der Waals surface area contributed by atoms with Gasteiger partial charge in [0.05, 0.1) is 6.61 Å². The Morgan fingerprint density at radius 2 is 2.05 bits per heavy atom. The first-order chi connectivity index (χ1) is 10.00. The van der Waals surface area contributed by atoms with Crippen LogP contribution in [0.1, 0.15) is 27.2 Å². The number of hydrogen-bond donors (Lipinski definition) is 0. The highest BCUT2D eigenvalue weighted by Crippen LogP contribution is 2.29. The number of carbonyl (C=O) groups excluding carboxylic acids is 1. The molecule has 0 N–H and O–H groups in total. The Balaban J connectivity index is 2.00.